The van der Waals surface area contributed by atoms with Gasteiger partial charge in [0.2, 0.25) is 0 Å². The molecule has 2 unspecified atom stereocenters. The lowest BCUT2D eigenvalue weighted by atomic mass is 10.1. The van der Waals surface area contributed by atoms with E-state index in [1.54, 1.807) is 4.68 Å². The summed E-state index contributed by atoms with van der Waals surface area (Å²) in [5.74, 6) is 0. The van der Waals surface area contributed by atoms with Crippen LogP contribution in [0.1, 0.15) is 44.1 Å². The van der Waals surface area contributed by atoms with Crippen LogP contribution in [0.3, 0.4) is 0 Å². The van der Waals surface area contributed by atoms with Crippen LogP contribution < -0.4 is 5.32 Å². The summed E-state index contributed by atoms with van der Waals surface area (Å²) in [5, 5.41) is 22.3. The maximum absolute atomic E-state index is 9.81. The largest absolute Gasteiger partial charge is 0.392 e. The van der Waals surface area contributed by atoms with Gasteiger partial charge in [-0.05, 0) is 44.5 Å². The second-order valence-electron chi connectivity index (χ2n) is 5.52. The van der Waals surface area contributed by atoms with Crippen LogP contribution in [0.5, 0.6) is 0 Å². The van der Waals surface area contributed by atoms with Crippen LogP contribution in [-0.4, -0.2) is 32.7 Å². The second-order valence-corrected chi connectivity index (χ2v) is 5.96. The van der Waals surface area contributed by atoms with Gasteiger partial charge < -0.3 is 10.4 Å². The van der Waals surface area contributed by atoms with Crippen molar-refractivity contribution in [3.8, 4) is 5.69 Å². The molecule has 0 saturated carbocycles. The Hall–Kier alpha value is -1.43. The van der Waals surface area contributed by atoms with Crippen LogP contribution in [0.25, 0.3) is 5.69 Å². The minimum Gasteiger partial charge on any atom is -0.392 e. The molecular weight excluding hydrogens is 300 g/mol. The third kappa shape index (κ3) is 4.06. The van der Waals surface area contributed by atoms with Gasteiger partial charge in [0.15, 0.2) is 0 Å². The molecule has 6 heteroatoms. The smallest absolute Gasteiger partial charge is 0.103 e. The zero-order valence-corrected chi connectivity index (χ0v) is 14.0. The summed E-state index contributed by atoms with van der Waals surface area (Å²) < 4.78 is 1.80. The van der Waals surface area contributed by atoms with E-state index in [9.17, 15) is 5.11 Å². The molecule has 0 saturated heterocycles. The van der Waals surface area contributed by atoms with Crippen LogP contribution >= 0.6 is 11.6 Å². The Bertz CT molecular complexity index is 597. The van der Waals surface area contributed by atoms with Crippen LogP contribution in [0.4, 0.5) is 0 Å². The molecule has 1 aromatic heterocycles. The van der Waals surface area contributed by atoms with E-state index < -0.39 is 0 Å². The lowest BCUT2D eigenvalue weighted by Gasteiger charge is -2.15. The zero-order chi connectivity index (χ0) is 16.1. The number of aliphatic hydroxyl groups excluding tert-OH is 1. The molecule has 2 atom stereocenters. The molecule has 22 heavy (non-hydrogen) atoms. The zero-order valence-electron chi connectivity index (χ0n) is 13.3. The van der Waals surface area contributed by atoms with Crippen LogP contribution in [0, 0.1) is 6.92 Å². The van der Waals surface area contributed by atoms with E-state index >= 15 is 0 Å². The van der Waals surface area contributed by atoms with Gasteiger partial charge in [-0.2, -0.15) is 0 Å². The summed E-state index contributed by atoms with van der Waals surface area (Å²) >= 11 is 5.91. The normalized spacial score (nSPS) is 14.0. The monoisotopic (exact) mass is 322 g/mol. The second kappa shape index (κ2) is 7.72. The molecular formula is C16H23ClN4O. The maximum Gasteiger partial charge on any atom is 0.103 e. The number of halogens is 1. The Morgan fingerprint density at radius 1 is 1.32 bits per heavy atom. The summed E-state index contributed by atoms with van der Waals surface area (Å²) in [4.78, 5) is 0. The molecule has 5 nitrogen and oxygen atoms in total. The molecule has 0 radical (unpaired) electrons. The highest BCUT2D eigenvalue weighted by molar-refractivity contribution is 6.30. The number of hydrogen-bond donors (Lipinski definition) is 2. The average molecular weight is 323 g/mol. The molecule has 0 aliphatic carbocycles. The number of nitrogens with zero attached hydrogens (tertiary/aromatic N) is 3. The fourth-order valence-corrected chi connectivity index (χ4v) is 2.54. The molecule has 1 aromatic carbocycles. The highest BCUT2D eigenvalue weighted by Gasteiger charge is 2.17. The molecule has 2 N–H and O–H groups in total. The Morgan fingerprint density at radius 3 is 2.64 bits per heavy atom. The van der Waals surface area contributed by atoms with Crippen molar-refractivity contribution in [1.82, 2.24) is 20.3 Å². The van der Waals surface area contributed by atoms with Gasteiger partial charge in [0, 0.05) is 11.6 Å². The summed E-state index contributed by atoms with van der Waals surface area (Å²) in [6, 6.07) is 7.53. The number of aliphatic hydroxyl groups is 1. The Kier molecular flexibility index (Phi) is 5.94. The van der Waals surface area contributed by atoms with Crippen molar-refractivity contribution in [3.05, 3.63) is 40.7 Å². The highest BCUT2D eigenvalue weighted by Crippen LogP contribution is 2.19. The van der Waals surface area contributed by atoms with Crippen molar-refractivity contribution in [2.24, 2.45) is 0 Å². The third-order valence-electron chi connectivity index (χ3n) is 3.69. The minimum absolute atomic E-state index is 0.0348. The van der Waals surface area contributed by atoms with E-state index in [0.29, 0.717) is 11.6 Å². The number of aromatic nitrogens is 3. The van der Waals surface area contributed by atoms with Crippen molar-refractivity contribution in [2.75, 3.05) is 6.54 Å². The van der Waals surface area contributed by atoms with Crippen molar-refractivity contribution >= 4 is 11.6 Å². The molecule has 120 valence electrons. The van der Waals surface area contributed by atoms with E-state index in [0.717, 1.165) is 29.9 Å². The summed E-state index contributed by atoms with van der Waals surface area (Å²) in [5.41, 5.74) is 2.80. The van der Waals surface area contributed by atoms with Gasteiger partial charge in [0.05, 0.1) is 23.5 Å². The molecule has 2 rings (SSSR count). The Labute approximate surface area is 136 Å². The minimum atomic E-state index is -0.320. The van der Waals surface area contributed by atoms with Gasteiger partial charge in [-0.15, -0.1) is 5.10 Å². The lowest BCUT2D eigenvalue weighted by molar-refractivity contribution is 0.157. The van der Waals surface area contributed by atoms with Gasteiger partial charge >= 0.3 is 0 Å². The average Bonchev–Trinajstić information content (AvgIpc) is 2.88. The fraction of sp³-hybridized carbons (Fsp3) is 0.500. The topological polar surface area (TPSA) is 63.0 Å². The SMILES string of the molecule is CCCC(O)CNC(C)c1nnn(-c2ccc(Cl)cc2)c1C. The summed E-state index contributed by atoms with van der Waals surface area (Å²) in [7, 11) is 0. The number of benzene rings is 1. The molecule has 0 amide bonds. The first kappa shape index (κ1) is 16.9. The Balaban J connectivity index is 2.08. The standard InChI is InChI=1S/C16H23ClN4O/c1-4-5-15(22)10-18-11(2)16-12(3)21(20-19-16)14-8-6-13(17)7-9-14/h6-9,11,15,18,22H,4-5,10H2,1-3H3. The molecule has 0 aliphatic rings. The lowest BCUT2D eigenvalue weighted by Crippen LogP contribution is -2.29. The number of nitrogens with one attached hydrogen (secondary N) is 1. The number of rotatable bonds is 7. The summed E-state index contributed by atoms with van der Waals surface area (Å²) in [6.07, 6.45) is 1.46. The van der Waals surface area contributed by atoms with Gasteiger partial charge in [-0.25, -0.2) is 4.68 Å². The Morgan fingerprint density at radius 2 is 2.00 bits per heavy atom. The first-order chi connectivity index (χ1) is 10.5. The van der Waals surface area contributed by atoms with Crippen LogP contribution in [-0.2, 0) is 0 Å². The van der Waals surface area contributed by atoms with E-state index in [4.69, 9.17) is 11.6 Å². The molecule has 0 spiro atoms. The van der Waals surface area contributed by atoms with E-state index in [1.165, 1.54) is 0 Å². The molecule has 0 bridgehead atoms. The van der Waals surface area contributed by atoms with Gasteiger partial charge in [0.25, 0.3) is 0 Å². The van der Waals surface area contributed by atoms with E-state index in [2.05, 4.69) is 22.6 Å². The van der Waals surface area contributed by atoms with Crippen LogP contribution in [0.15, 0.2) is 24.3 Å². The highest BCUT2D eigenvalue weighted by atomic mass is 35.5. The molecule has 2 aromatic rings. The maximum atomic E-state index is 9.81. The predicted octanol–water partition coefficient (Wildman–Crippen LogP) is 3.04. The van der Waals surface area contributed by atoms with E-state index in [1.807, 2.05) is 38.1 Å². The van der Waals surface area contributed by atoms with Crippen molar-refractivity contribution in [2.45, 2.75) is 45.8 Å². The summed E-state index contributed by atoms with van der Waals surface area (Å²) in [6.45, 7) is 6.64. The predicted molar refractivity (Wildman–Crippen MR) is 88.4 cm³/mol. The van der Waals surface area contributed by atoms with Gasteiger partial charge in [-0.1, -0.05) is 30.2 Å². The third-order valence-corrected chi connectivity index (χ3v) is 3.95. The van der Waals surface area contributed by atoms with Crippen molar-refractivity contribution in [3.63, 3.8) is 0 Å². The van der Waals surface area contributed by atoms with Crippen LogP contribution in [0.2, 0.25) is 5.02 Å². The van der Waals surface area contributed by atoms with Crippen molar-refractivity contribution < 1.29 is 5.11 Å². The van der Waals surface area contributed by atoms with Gasteiger partial charge in [0.1, 0.15) is 5.69 Å². The van der Waals surface area contributed by atoms with Gasteiger partial charge in [-0.3, -0.25) is 0 Å². The molecule has 0 aliphatic heterocycles. The van der Waals surface area contributed by atoms with E-state index in [-0.39, 0.29) is 12.1 Å². The molecule has 1 heterocycles. The number of hydrogen-bond acceptors (Lipinski definition) is 4. The fourth-order valence-electron chi connectivity index (χ4n) is 2.41. The van der Waals surface area contributed by atoms with Crippen molar-refractivity contribution in [1.29, 1.82) is 0 Å². The first-order valence-corrected chi connectivity index (χ1v) is 8.00. The first-order valence-electron chi connectivity index (χ1n) is 7.62. The quantitative estimate of drug-likeness (QED) is 0.822. The molecule has 0 fully saturated rings.